The Kier molecular flexibility index (Phi) is 5.52. The van der Waals surface area contributed by atoms with Gasteiger partial charge in [-0.15, -0.1) is 10.2 Å². The molecule has 0 aliphatic carbocycles. The fraction of sp³-hybridized carbons (Fsp3) is 0.0952. The van der Waals surface area contributed by atoms with E-state index in [-0.39, 0.29) is 16.7 Å². The maximum Gasteiger partial charge on any atom is 0.416 e. The summed E-state index contributed by atoms with van der Waals surface area (Å²) in [6.07, 6.45) is -2.98. The summed E-state index contributed by atoms with van der Waals surface area (Å²) in [4.78, 5) is -0.0706. The quantitative estimate of drug-likeness (QED) is 0.457. The van der Waals surface area contributed by atoms with Gasteiger partial charge in [-0.2, -0.15) is 18.3 Å². The van der Waals surface area contributed by atoms with Gasteiger partial charge in [-0.25, -0.2) is 13.6 Å². The van der Waals surface area contributed by atoms with Crippen molar-refractivity contribution in [1.82, 2.24) is 20.0 Å². The zero-order valence-corrected chi connectivity index (χ0v) is 17.6. The third kappa shape index (κ3) is 4.79. The number of hydrogen-bond donors (Lipinski definition) is 1. The molecule has 4 aromatic rings. The highest BCUT2D eigenvalue weighted by Gasteiger charge is 2.30. The van der Waals surface area contributed by atoms with Crippen LogP contribution in [-0.4, -0.2) is 28.4 Å². The molecule has 2 heterocycles. The molecule has 0 aliphatic heterocycles. The molecule has 0 fully saturated rings. The number of rotatable bonds is 3. The molecule has 8 nitrogen and oxygen atoms in total. The maximum absolute atomic E-state index is 12.8. The van der Waals surface area contributed by atoms with E-state index >= 15 is 0 Å². The van der Waals surface area contributed by atoms with E-state index in [0.29, 0.717) is 22.4 Å². The molecule has 0 spiro atoms. The third-order valence-corrected chi connectivity index (χ3v) is 5.44. The van der Waals surface area contributed by atoms with Crippen molar-refractivity contribution in [3.05, 3.63) is 71.4 Å². The zero-order valence-electron chi connectivity index (χ0n) is 16.8. The Hall–Kier alpha value is -3.95. The van der Waals surface area contributed by atoms with Crippen molar-refractivity contribution in [3.8, 4) is 34.9 Å². The maximum atomic E-state index is 12.8. The molecule has 0 amide bonds. The Balaban J connectivity index is 1.66. The van der Waals surface area contributed by atoms with Crippen LogP contribution in [0.25, 0.3) is 23.0 Å². The molecule has 0 atom stereocenters. The standard InChI is InChI=1S/C21H14F3N5O3S/c1-29-18(15(12-26-29)6-5-13-3-2-4-17(11-13)33(25,30)31)20-28-27-19(32-20)14-7-9-16(10-8-14)21(22,23)24/h2-4,7-12H,1H3,(H2,25,30,31). The molecule has 0 unspecified atom stereocenters. The van der Waals surface area contributed by atoms with Crippen LogP contribution in [0, 0.1) is 11.8 Å². The topological polar surface area (TPSA) is 117 Å². The number of hydrogen-bond acceptors (Lipinski definition) is 6. The molecule has 0 saturated carbocycles. The number of sulfonamides is 1. The van der Waals surface area contributed by atoms with Gasteiger partial charge in [-0.05, 0) is 42.5 Å². The van der Waals surface area contributed by atoms with Crippen molar-refractivity contribution in [2.24, 2.45) is 12.2 Å². The number of primary sulfonamides is 1. The van der Waals surface area contributed by atoms with Gasteiger partial charge in [0, 0.05) is 18.2 Å². The molecule has 4 rings (SSSR count). The van der Waals surface area contributed by atoms with Gasteiger partial charge in [-0.1, -0.05) is 17.9 Å². The van der Waals surface area contributed by atoms with Gasteiger partial charge in [0.05, 0.1) is 22.2 Å². The molecule has 168 valence electrons. The molecule has 0 radical (unpaired) electrons. The molecule has 0 aliphatic rings. The number of halogens is 3. The Labute approximate surface area is 185 Å². The van der Waals surface area contributed by atoms with Crippen LogP contribution in [0.1, 0.15) is 16.7 Å². The summed E-state index contributed by atoms with van der Waals surface area (Å²) in [5, 5.41) is 17.1. The largest absolute Gasteiger partial charge is 0.416 e. The van der Waals surface area contributed by atoms with Gasteiger partial charge >= 0.3 is 6.18 Å². The highest BCUT2D eigenvalue weighted by atomic mass is 32.2. The van der Waals surface area contributed by atoms with E-state index in [4.69, 9.17) is 9.56 Å². The van der Waals surface area contributed by atoms with E-state index in [2.05, 4.69) is 27.1 Å². The fourth-order valence-corrected chi connectivity index (χ4v) is 3.47. The minimum Gasteiger partial charge on any atom is -0.415 e. The first kappa shape index (κ1) is 22.3. The summed E-state index contributed by atoms with van der Waals surface area (Å²) in [5.74, 6) is 5.80. The lowest BCUT2D eigenvalue weighted by atomic mass is 10.1. The minimum absolute atomic E-state index is 0.0275. The van der Waals surface area contributed by atoms with Gasteiger partial charge in [-0.3, -0.25) is 4.68 Å². The Morgan fingerprint density at radius 1 is 1.03 bits per heavy atom. The van der Waals surface area contributed by atoms with Crippen LogP contribution in [0.4, 0.5) is 13.2 Å². The lowest BCUT2D eigenvalue weighted by molar-refractivity contribution is -0.137. The Morgan fingerprint density at radius 2 is 1.73 bits per heavy atom. The van der Waals surface area contributed by atoms with E-state index in [0.717, 1.165) is 12.1 Å². The van der Waals surface area contributed by atoms with E-state index in [1.165, 1.54) is 41.2 Å². The second-order valence-corrected chi connectivity index (χ2v) is 8.40. The smallest absolute Gasteiger partial charge is 0.415 e. The highest BCUT2D eigenvalue weighted by Crippen LogP contribution is 2.31. The van der Waals surface area contributed by atoms with Crippen LogP contribution < -0.4 is 5.14 Å². The number of alkyl halides is 3. The van der Waals surface area contributed by atoms with Crippen molar-refractivity contribution in [2.75, 3.05) is 0 Å². The molecule has 12 heteroatoms. The number of aryl methyl sites for hydroxylation is 1. The van der Waals surface area contributed by atoms with Crippen LogP contribution >= 0.6 is 0 Å². The second kappa shape index (κ2) is 8.19. The fourth-order valence-electron chi connectivity index (χ4n) is 2.91. The van der Waals surface area contributed by atoms with Crippen LogP contribution in [0.3, 0.4) is 0 Å². The number of nitrogens with zero attached hydrogens (tertiary/aromatic N) is 4. The lowest BCUT2D eigenvalue weighted by Crippen LogP contribution is -2.11. The Bertz CT molecular complexity index is 1490. The van der Waals surface area contributed by atoms with Crippen LogP contribution in [-0.2, 0) is 23.2 Å². The minimum atomic E-state index is -4.45. The van der Waals surface area contributed by atoms with Crippen LogP contribution in [0.2, 0.25) is 0 Å². The van der Waals surface area contributed by atoms with E-state index in [1.807, 2.05) is 0 Å². The van der Waals surface area contributed by atoms with Crippen molar-refractivity contribution < 1.29 is 26.0 Å². The van der Waals surface area contributed by atoms with Crippen molar-refractivity contribution >= 4 is 10.0 Å². The van der Waals surface area contributed by atoms with Crippen molar-refractivity contribution in [1.29, 1.82) is 0 Å². The summed E-state index contributed by atoms with van der Waals surface area (Å²) in [7, 11) is -2.24. The van der Waals surface area contributed by atoms with Crippen molar-refractivity contribution in [2.45, 2.75) is 11.1 Å². The average molecular weight is 473 g/mol. The monoisotopic (exact) mass is 473 g/mol. The van der Waals surface area contributed by atoms with Gasteiger partial charge in [0.15, 0.2) is 0 Å². The molecule has 33 heavy (non-hydrogen) atoms. The predicted octanol–water partition coefficient (Wildman–Crippen LogP) is 3.20. The highest BCUT2D eigenvalue weighted by molar-refractivity contribution is 7.89. The third-order valence-electron chi connectivity index (χ3n) is 4.53. The normalized spacial score (nSPS) is 11.8. The van der Waals surface area contributed by atoms with E-state index in [9.17, 15) is 21.6 Å². The summed E-state index contributed by atoms with van der Waals surface area (Å²) in [6, 6.07) is 10.2. The Morgan fingerprint density at radius 3 is 2.39 bits per heavy atom. The van der Waals surface area contributed by atoms with Gasteiger partial charge < -0.3 is 4.42 Å². The molecular weight excluding hydrogens is 459 g/mol. The first-order valence-corrected chi connectivity index (χ1v) is 10.8. The van der Waals surface area contributed by atoms with Crippen molar-refractivity contribution in [3.63, 3.8) is 0 Å². The molecule has 2 aromatic carbocycles. The number of benzene rings is 2. The second-order valence-electron chi connectivity index (χ2n) is 6.84. The average Bonchev–Trinajstić information content (AvgIpc) is 3.38. The molecular formula is C21H14F3N5O3S. The lowest BCUT2D eigenvalue weighted by Gasteiger charge is -2.05. The van der Waals surface area contributed by atoms with E-state index < -0.39 is 21.8 Å². The first-order chi connectivity index (χ1) is 15.5. The molecule has 2 aromatic heterocycles. The summed E-state index contributed by atoms with van der Waals surface area (Å²) in [6.45, 7) is 0. The molecule has 0 bridgehead atoms. The summed E-state index contributed by atoms with van der Waals surface area (Å²) < 4.78 is 68.4. The van der Waals surface area contributed by atoms with Gasteiger partial charge in [0.1, 0.15) is 5.69 Å². The van der Waals surface area contributed by atoms with E-state index in [1.54, 1.807) is 13.1 Å². The summed E-state index contributed by atoms with van der Waals surface area (Å²) >= 11 is 0. The predicted molar refractivity (Wildman–Crippen MR) is 111 cm³/mol. The van der Waals surface area contributed by atoms with Crippen LogP contribution in [0.15, 0.2) is 64.0 Å². The SMILES string of the molecule is Cn1ncc(C#Cc2cccc(S(N)(=O)=O)c2)c1-c1nnc(-c2ccc(C(F)(F)F)cc2)o1. The number of aromatic nitrogens is 4. The number of nitrogens with two attached hydrogens (primary N) is 1. The zero-order chi connectivity index (χ0) is 23.8. The van der Waals surface area contributed by atoms with Crippen LogP contribution in [0.5, 0.6) is 0 Å². The van der Waals surface area contributed by atoms with Gasteiger partial charge in [0.2, 0.25) is 15.9 Å². The van der Waals surface area contributed by atoms with Gasteiger partial charge in [0.25, 0.3) is 5.89 Å². The molecule has 2 N–H and O–H groups in total. The molecule has 0 saturated heterocycles. The first-order valence-electron chi connectivity index (χ1n) is 9.21. The summed E-state index contributed by atoms with van der Waals surface area (Å²) in [5.41, 5.74) is 0.738.